The van der Waals surface area contributed by atoms with Gasteiger partial charge in [-0.15, -0.1) is 0 Å². The fraction of sp³-hybridized carbons (Fsp3) is 0.294. The summed E-state index contributed by atoms with van der Waals surface area (Å²) >= 11 is 0. The number of aliphatic hydroxyl groups is 1. The van der Waals surface area contributed by atoms with Crippen molar-refractivity contribution >= 4 is 5.69 Å². The number of nitrogen functional groups attached to an aromatic ring is 1. The van der Waals surface area contributed by atoms with Gasteiger partial charge in [0, 0.05) is 18.8 Å². The fourth-order valence-electron chi connectivity index (χ4n) is 2.17. The van der Waals surface area contributed by atoms with Crippen LogP contribution in [0.15, 0.2) is 54.6 Å². The summed E-state index contributed by atoms with van der Waals surface area (Å²) in [6, 6.07) is 17.7. The van der Waals surface area contributed by atoms with E-state index in [-0.39, 0.29) is 0 Å². The highest BCUT2D eigenvalue weighted by Crippen LogP contribution is 2.13. The Hall–Kier alpha value is -1.84. The van der Waals surface area contributed by atoms with E-state index in [2.05, 4.69) is 17.0 Å². The highest BCUT2D eigenvalue weighted by molar-refractivity contribution is 5.39. The van der Waals surface area contributed by atoms with Crippen LogP contribution in [-0.4, -0.2) is 30.1 Å². The molecule has 0 aromatic heterocycles. The highest BCUT2D eigenvalue weighted by atomic mass is 16.3. The zero-order valence-electron chi connectivity index (χ0n) is 11.9. The molecule has 0 bridgehead atoms. The summed E-state index contributed by atoms with van der Waals surface area (Å²) in [6.45, 7) is 1.55. The van der Waals surface area contributed by atoms with Crippen molar-refractivity contribution in [1.82, 2.24) is 4.90 Å². The molecule has 3 nitrogen and oxygen atoms in total. The minimum absolute atomic E-state index is 0.437. The van der Waals surface area contributed by atoms with Crippen LogP contribution in [0.2, 0.25) is 0 Å². The zero-order chi connectivity index (χ0) is 14.4. The van der Waals surface area contributed by atoms with Gasteiger partial charge in [-0.1, -0.05) is 42.5 Å². The van der Waals surface area contributed by atoms with Gasteiger partial charge in [-0.3, -0.25) is 0 Å². The Bertz CT molecular complexity index is 510. The van der Waals surface area contributed by atoms with Crippen LogP contribution in [0.1, 0.15) is 17.2 Å². The Morgan fingerprint density at radius 1 is 1.05 bits per heavy atom. The minimum atomic E-state index is -0.437. The van der Waals surface area contributed by atoms with Crippen molar-refractivity contribution < 1.29 is 5.11 Å². The summed E-state index contributed by atoms with van der Waals surface area (Å²) in [7, 11) is 2.03. The van der Waals surface area contributed by atoms with E-state index in [1.54, 1.807) is 0 Å². The molecule has 0 saturated heterocycles. The van der Waals surface area contributed by atoms with Crippen molar-refractivity contribution in [1.29, 1.82) is 0 Å². The quantitative estimate of drug-likeness (QED) is 0.793. The molecule has 0 radical (unpaired) electrons. The molecule has 0 fully saturated rings. The molecule has 1 atom stereocenters. The molecule has 3 N–H and O–H groups in total. The monoisotopic (exact) mass is 270 g/mol. The first-order valence-corrected chi connectivity index (χ1v) is 6.91. The van der Waals surface area contributed by atoms with Gasteiger partial charge >= 0.3 is 0 Å². The first-order valence-electron chi connectivity index (χ1n) is 6.91. The average molecular weight is 270 g/mol. The first-order chi connectivity index (χ1) is 9.65. The summed E-state index contributed by atoms with van der Waals surface area (Å²) in [5.74, 6) is 0. The molecule has 0 unspecified atom stereocenters. The second kappa shape index (κ2) is 7.08. The van der Waals surface area contributed by atoms with E-state index >= 15 is 0 Å². The zero-order valence-corrected chi connectivity index (χ0v) is 11.9. The molecule has 20 heavy (non-hydrogen) atoms. The van der Waals surface area contributed by atoms with Crippen LogP contribution in [-0.2, 0) is 6.42 Å². The van der Waals surface area contributed by atoms with Crippen LogP contribution in [0, 0.1) is 0 Å². The Kier molecular flexibility index (Phi) is 5.16. The number of hydrogen-bond donors (Lipinski definition) is 2. The number of rotatable bonds is 6. The molecule has 2 aromatic carbocycles. The summed E-state index contributed by atoms with van der Waals surface area (Å²) in [6.07, 6.45) is 0.519. The number of aliphatic hydroxyl groups excluding tert-OH is 1. The van der Waals surface area contributed by atoms with Gasteiger partial charge in [0.2, 0.25) is 0 Å². The third kappa shape index (κ3) is 4.37. The number of nitrogens with zero attached hydrogens (tertiary/aromatic N) is 1. The third-order valence-electron chi connectivity index (χ3n) is 3.43. The van der Waals surface area contributed by atoms with Crippen molar-refractivity contribution in [3.05, 3.63) is 65.7 Å². The molecule has 3 heteroatoms. The smallest absolute Gasteiger partial charge is 0.0916 e. The van der Waals surface area contributed by atoms with Crippen molar-refractivity contribution in [3.8, 4) is 0 Å². The van der Waals surface area contributed by atoms with Gasteiger partial charge in [-0.05, 0) is 36.7 Å². The Labute approximate surface area is 120 Å². The van der Waals surface area contributed by atoms with Crippen LogP contribution < -0.4 is 5.73 Å². The fourth-order valence-corrected chi connectivity index (χ4v) is 2.17. The summed E-state index contributed by atoms with van der Waals surface area (Å²) in [4.78, 5) is 2.15. The van der Waals surface area contributed by atoms with E-state index in [0.29, 0.717) is 6.54 Å². The van der Waals surface area contributed by atoms with E-state index in [1.165, 1.54) is 5.56 Å². The summed E-state index contributed by atoms with van der Waals surface area (Å²) < 4.78 is 0. The minimum Gasteiger partial charge on any atom is -0.399 e. The van der Waals surface area contributed by atoms with Crippen LogP contribution in [0.25, 0.3) is 0 Å². The van der Waals surface area contributed by atoms with Gasteiger partial charge in [0.25, 0.3) is 0 Å². The van der Waals surface area contributed by atoms with Crippen molar-refractivity contribution in [2.24, 2.45) is 0 Å². The lowest BCUT2D eigenvalue weighted by Gasteiger charge is -2.20. The van der Waals surface area contributed by atoms with E-state index in [4.69, 9.17) is 5.73 Å². The molecule has 0 aliphatic heterocycles. The average Bonchev–Trinajstić information content (AvgIpc) is 2.47. The molecule has 0 aliphatic rings. The maximum atomic E-state index is 10.2. The van der Waals surface area contributed by atoms with Gasteiger partial charge in [0.15, 0.2) is 0 Å². The number of nitrogens with two attached hydrogens (primary N) is 1. The standard InChI is InChI=1S/C17H22N2O/c1-19(12-11-14-7-9-16(18)10-8-14)13-17(20)15-5-3-2-4-6-15/h2-10,17,20H,11-13,18H2,1H3/t17-/m0/s1. The van der Waals surface area contributed by atoms with Crippen molar-refractivity contribution in [2.45, 2.75) is 12.5 Å². The molecule has 106 valence electrons. The van der Waals surface area contributed by atoms with E-state index in [9.17, 15) is 5.11 Å². The van der Waals surface area contributed by atoms with Crippen molar-refractivity contribution in [3.63, 3.8) is 0 Å². The van der Waals surface area contributed by atoms with Gasteiger partial charge in [0.05, 0.1) is 6.10 Å². The maximum Gasteiger partial charge on any atom is 0.0916 e. The molecule has 0 aliphatic carbocycles. The molecular weight excluding hydrogens is 248 g/mol. The van der Waals surface area contributed by atoms with Gasteiger partial charge in [-0.2, -0.15) is 0 Å². The molecule has 0 amide bonds. The second-order valence-electron chi connectivity index (χ2n) is 5.18. The topological polar surface area (TPSA) is 49.5 Å². The van der Waals surface area contributed by atoms with Crippen LogP contribution >= 0.6 is 0 Å². The first kappa shape index (κ1) is 14.6. The number of hydrogen-bond acceptors (Lipinski definition) is 3. The Morgan fingerprint density at radius 3 is 2.35 bits per heavy atom. The van der Waals surface area contributed by atoms with Gasteiger partial charge in [0.1, 0.15) is 0 Å². The molecule has 2 rings (SSSR count). The number of likely N-dealkylation sites (N-methyl/N-ethyl adjacent to an activating group) is 1. The van der Waals surface area contributed by atoms with Crippen LogP contribution in [0.5, 0.6) is 0 Å². The molecule has 0 saturated carbocycles. The third-order valence-corrected chi connectivity index (χ3v) is 3.43. The SMILES string of the molecule is CN(CCc1ccc(N)cc1)C[C@H](O)c1ccccc1. The Balaban J connectivity index is 1.80. The lowest BCUT2D eigenvalue weighted by molar-refractivity contribution is 0.127. The van der Waals surface area contributed by atoms with Crippen LogP contribution in [0.4, 0.5) is 5.69 Å². The van der Waals surface area contributed by atoms with Gasteiger partial charge < -0.3 is 15.7 Å². The van der Waals surface area contributed by atoms with E-state index in [0.717, 1.165) is 24.2 Å². The Morgan fingerprint density at radius 2 is 1.70 bits per heavy atom. The molecule has 2 aromatic rings. The van der Waals surface area contributed by atoms with Crippen LogP contribution in [0.3, 0.4) is 0 Å². The summed E-state index contributed by atoms with van der Waals surface area (Å²) in [5.41, 5.74) is 8.69. The maximum absolute atomic E-state index is 10.2. The number of anilines is 1. The predicted molar refractivity (Wildman–Crippen MR) is 83.5 cm³/mol. The molecular formula is C17H22N2O. The largest absolute Gasteiger partial charge is 0.399 e. The lowest BCUT2D eigenvalue weighted by Crippen LogP contribution is -2.26. The molecule has 0 heterocycles. The highest BCUT2D eigenvalue weighted by Gasteiger charge is 2.10. The second-order valence-corrected chi connectivity index (χ2v) is 5.18. The van der Waals surface area contributed by atoms with Gasteiger partial charge in [-0.25, -0.2) is 0 Å². The van der Waals surface area contributed by atoms with E-state index < -0.39 is 6.10 Å². The van der Waals surface area contributed by atoms with Crippen molar-refractivity contribution in [2.75, 3.05) is 25.9 Å². The predicted octanol–water partition coefficient (Wildman–Crippen LogP) is 2.48. The lowest BCUT2D eigenvalue weighted by atomic mass is 10.1. The summed E-state index contributed by atoms with van der Waals surface area (Å²) in [5, 5.41) is 10.2. The van der Waals surface area contributed by atoms with E-state index in [1.807, 2.05) is 49.5 Å². The molecule has 0 spiro atoms. The normalized spacial score (nSPS) is 12.6. The number of benzene rings is 2.